The summed E-state index contributed by atoms with van der Waals surface area (Å²) in [4.78, 5) is 54.5. The molecule has 0 amide bonds. The van der Waals surface area contributed by atoms with Crippen LogP contribution in [0.15, 0.2) is 15.2 Å². The van der Waals surface area contributed by atoms with E-state index >= 15 is 0 Å². The van der Waals surface area contributed by atoms with E-state index in [4.69, 9.17) is 19.4 Å². The molecule has 1 atom stereocenters. The Morgan fingerprint density at radius 2 is 1.14 bits per heavy atom. The molecular formula is C49H101BN11O9PS. The molecule has 0 spiro atoms. The normalized spacial score (nSPS) is 13.7. The van der Waals surface area contributed by atoms with Crippen LogP contribution in [0.4, 0.5) is 0 Å². The quantitative estimate of drug-likeness (QED) is 0.0924. The fourth-order valence-electron chi connectivity index (χ4n) is 6.00. The molecule has 0 saturated heterocycles. The molecule has 420 valence electrons. The summed E-state index contributed by atoms with van der Waals surface area (Å²) in [5.74, 6) is 6.13. The summed E-state index contributed by atoms with van der Waals surface area (Å²) < 4.78 is 31.3. The molecule has 2 aromatic heterocycles. The first kappa shape index (κ1) is 75.1. The number of ketones is 3. The third-order valence-corrected chi connectivity index (χ3v) is 10.1. The lowest BCUT2D eigenvalue weighted by Crippen LogP contribution is -2.19. The van der Waals surface area contributed by atoms with E-state index < -0.39 is 17.4 Å². The van der Waals surface area contributed by atoms with E-state index in [1.54, 1.807) is 32.4 Å². The topological polar surface area (TPSA) is 291 Å². The zero-order chi connectivity index (χ0) is 58.1. The SMILES string of the molecule is C=S(=O)(O)CC(C)(C)C.CB(O)CC(C)(C)C.CC(=O)CC(C)(C)C.CC(=O)Cn1nnc(CC(C)(C)C)n1.CC(=O)Cn1nnnc1CC(C)(C)C.CC(C)(C)CC1=NCN=N1.CC(C)(C)CP(=O)(O)O. The van der Waals surface area contributed by atoms with Crippen LogP contribution in [-0.2, 0) is 54.7 Å². The van der Waals surface area contributed by atoms with E-state index in [1.807, 2.05) is 27.6 Å². The van der Waals surface area contributed by atoms with Gasteiger partial charge in [-0.3, -0.25) is 14.2 Å². The Morgan fingerprint density at radius 1 is 0.667 bits per heavy atom. The predicted octanol–water partition coefficient (Wildman–Crippen LogP) is 10.0. The standard InChI is InChI=1S/2C9H16N4O.C7H13N3.C7H14O.C6H15BO.C6H14O2S.C5H13O3P/c1-7(14)6-13-8(10-11-12-13)5-9(2,3)4;1-7(14)6-13-11-8(10-12-13)5-9(2,3)4;1-7(2,3)4-6-8-5-9-10-6;1-6(8)5-7(2,3)4;1-6(2,3)5-7(4)8;1-6(2,3)5-9(4,7)8;1-5(2,3)4-9(6,7)8/h2*5-6H2,1-4H3;4-5H2,1-3H3;5H2,1-4H3;8H,5H2,1-4H3;4-5H2,1-3H3,(H,7,8);4H2,1-3H3,(H2,6,7,8). The maximum Gasteiger partial charge on any atom is 0.326 e. The number of carbonyl (C=O) groups is 3. The Morgan fingerprint density at radius 3 is 1.39 bits per heavy atom. The first-order chi connectivity index (χ1) is 31.6. The van der Waals surface area contributed by atoms with Crippen molar-refractivity contribution in [2.24, 2.45) is 53.1 Å². The van der Waals surface area contributed by atoms with Gasteiger partial charge in [0, 0.05) is 31.4 Å². The van der Waals surface area contributed by atoms with Crippen LogP contribution in [0.3, 0.4) is 0 Å². The van der Waals surface area contributed by atoms with Crippen LogP contribution >= 0.6 is 7.60 Å². The van der Waals surface area contributed by atoms with Crippen LogP contribution in [0.5, 0.6) is 0 Å². The minimum atomic E-state index is -3.79. The molecule has 1 unspecified atom stereocenters. The van der Waals surface area contributed by atoms with E-state index in [-0.39, 0.29) is 87.2 Å². The van der Waals surface area contributed by atoms with Crippen molar-refractivity contribution in [1.29, 1.82) is 0 Å². The number of nitrogens with zero attached hydrogens (tertiary/aromatic N) is 11. The van der Waals surface area contributed by atoms with Crippen molar-refractivity contribution in [2.45, 2.75) is 218 Å². The fraction of sp³-hybridized carbons (Fsp3) is 0.857. The number of tetrazole rings is 2. The van der Waals surface area contributed by atoms with Gasteiger partial charge < -0.3 is 24.2 Å². The van der Waals surface area contributed by atoms with Gasteiger partial charge >= 0.3 is 7.60 Å². The van der Waals surface area contributed by atoms with Crippen molar-refractivity contribution < 1.29 is 42.5 Å². The molecule has 4 N–H and O–H groups in total. The molecule has 1 aliphatic rings. The Balaban J connectivity index is -0.000000380. The average Bonchev–Trinajstić information content (AvgIpc) is 3.78. The highest BCUT2D eigenvalue weighted by molar-refractivity contribution is 7.95. The molecule has 0 saturated carbocycles. The highest BCUT2D eigenvalue weighted by Gasteiger charge is 2.24. The number of amidine groups is 1. The highest BCUT2D eigenvalue weighted by Crippen LogP contribution is 2.41. The van der Waals surface area contributed by atoms with Crippen LogP contribution in [0, 0.1) is 37.9 Å². The Hall–Kier alpha value is -3.43. The first-order valence-corrected chi connectivity index (χ1v) is 27.9. The van der Waals surface area contributed by atoms with Crippen LogP contribution in [0.2, 0.25) is 13.1 Å². The summed E-state index contributed by atoms with van der Waals surface area (Å²) in [7, 11) is -6.57. The molecule has 0 aromatic carbocycles. The summed E-state index contributed by atoms with van der Waals surface area (Å²) >= 11 is 0. The minimum absolute atomic E-state index is 0.0321. The lowest BCUT2D eigenvalue weighted by atomic mass is 9.60. The van der Waals surface area contributed by atoms with E-state index in [2.05, 4.69) is 156 Å². The zero-order valence-electron chi connectivity index (χ0n) is 49.5. The maximum atomic E-state index is 10.9. The molecule has 2 aromatic rings. The largest absolute Gasteiger partial charge is 0.451 e. The van der Waals surface area contributed by atoms with Crippen molar-refractivity contribution in [2.75, 3.05) is 18.6 Å². The van der Waals surface area contributed by atoms with E-state index in [1.165, 1.54) is 18.6 Å². The summed E-state index contributed by atoms with van der Waals surface area (Å²) in [6, 6.07) is 0. The lowest BCUT2D eigenvalue weighted by molar-refractivity contribution is -0.119. The molecular weight excluding hydrogens is 960 g/mol. The van der Waals surface area contributed by atoms with Crippen molar-refractivity contribution >= 4 is 53.4 Å². The predicted molar refractivity (Wildman–Crippen MR) is 296 cm³/mol. The molecule has 72 heavy (non-hydrogen) atoms. The van der Waals surface area contributed by atoms with E-state index in [0.717, 1.165) is 37.2 Å². The molecule has 20 nitrogen and oxygen atoms in total. The molecule has 0 radical (unpaired) electrons. The van der Waals surface area contributed by atoms with Gasteiger partial charge in [-0.25, -0.2) is 13.9 Å². The summed E-state index contributed by atoms with van der Waals surface area (Å²) in [6.45, 7) is 50.2. The smallest absolute Gasteiger partial charge is 0.326 e. The molecule has 3 heterocycles. The van der Waals surface area contributed by atoms with Crippen molar-refractivity contribution in [3.8, 4) is 0 Å². The Labute approximate surface area is 436 Å². The number of aliphatic imine (C=N–C) groups is 1. The Kier molecular flexibility index (Phi) is 33.5. The van der Waals surface area contributed by atoms with Crippen LogP contribution in [0.25, 0.3) is 0 Å². The number of Topliss-reactive ketones (excluding diaryl/α,β-unsaturated/α-hetero) is 3. The molecule has 0 fully saturated rings. The van der Waals surface area contributed by atoms with Gasteiger partial charge in [0.05, 0.1) is 16.0 Å². The van der Waals surface area contributed by atoms with Crippen molar-refractivity contribution in [1.82, 2.24) is 40.4 Å². The van der Waals surface area contributed by atoms with Gasteiger partial charge in [0.2, 0.25) is 0 Å². The molecule has 3 rings (SSSR count). The molecule has 1 aliphatic heterocycles. The third kappa shape index (κ3) is 62.7. The monoisotopic (exact) mass is 1060 g/mol. The summed E-state index contributed by atoms with van der Waals surface area (Å²) in [5, 5.41) is 39.6. The van der Waals surface area contributed by atoms with Gasteiger partial charge in [0.25, 0.3) is 6.92 Å². The van der Waals surface area contributed by atoms with Crippen molar-refractivity contribution in [3.63, 3.8) is 0 Å². The third-order valence-electron chi connectivity index (χ3n) is 7.43. The molecule has 0 aliphatic carbocycles. The number of rotatable bonds is 11. The van der Waals surface area contributed by atoms with Gasteiger partial charge in [0.15, 0.2) is 29.9 Å². The second-order valence-electron chi connectivity index (χ2n) is 27.0. The van der Waals surface area contributed by atoms with Gasteiger partial charge in [0.1, 0.15) is 24.7 Å². The first-order valence-electron chi connectivity index (χ1n) is 24.3. The van der Waals surface area contributed by atoms with Crippen LogP contribution in [0.1, 0.15) is 191 Å². The zero-order valence-corrected chi connectivity index (χ0v) is 51.2. The van der Waals surface area contributed by atoms with Crippen LogP contribution in [-0.4, -0.2) is 119 Å². The second-order valence-corrected chi connectivity index (χ2v) is 30.5. The number of hydrogen-bond donors (Lipinski definition) is 4. The fourth-order valence-corrected chi connectivity index (χ4v) is 8.59. The number of carbonyl (C=O) groups excluding carboxylic acids is 3. The number of aromatic nitrogens is 8. The van der Waals surface area contributed by atoms with Gasteiger partial charge in [-0.1, -0.05) is 152 Å². The Bertz CT molecular complexity index is 2100. The second kappa shape index (κ2) is 32.1. The molecule has 0 bridgehead atoms. The van der Waals surface area contributed by atoms with Gasteiger partial charge in [-0.05, 0) is 86.5 Å². The maximum absolute atomic E-state index is 10.9. The van der Waals surface area contributed by atoms with Crippen molar-refractivity contribution in [3.05, 3.63) is 11.6 Å². The van der Waals surface area contributed by atoms with E-state index in [9.17, 15) is 23.2 Å². The molecule has 23 heteroatoms. The minimum Gasteiger partial charge on any atom is -0.451 e. The number of azo groups is 1. The van der Waals surface area contributed by atoms with Gasteiger partial charge in [-0.15, -0.1) is 20.4 Å². The number of hydrogen-bond acceptors (Lipinski definition) is 15. The average molecular weight is 1060 g/mol. The van der Waals surface area contributed by atoms with E-state index in [0.29, 0.717) is 18.9 Å². The summed E-state index contributed by atoms with van der Waals surface area (Å²) in [6.07, 6.45) is 3.99. The summed E-state index contributed by atoms with van der Waals surface area (Å²) in [5.41, 5.74) is 0.613. The highest BCUT2D eigenvalue weighted by atomic mass is 32.2. The van der Waals surface area contributed by atoms with Gasteiger partial charge in [-0.2, -0.15) is 9.91 Å². The lowest BCUT2D eigenvalue weighted by Gasteiger charge is -2.17. The van der Waals surface area contributed by atoms with Crippen LogP contribution < -0.4 is 0 Å².